The summed E-state index contributed by atoms with van der Waals surface area (Å²) in [5.74, 6) is -0.307. The molecule has 4 nitrogen and oxygen atoms in total. The lowest BCUT2D eigenvalue weighted by atomic mass is 9.92. The number of amides is 2. The molecule has 4 aromatic rings. The highest BCUT2D eigenvalue weighted by molar-refractivity contribution is 6.31. The van der Waals surface area contributed by atoms with Crippen molar-refractivity contribution in [3.05, 3.63) is 100.0 Å². The number of fused-ring (bicyclic) bond motifs is 3. The molecule has 0 saturated carbocycles. The van der Waals surface area contributed by atoms with Gasteiger partial charge in [-0.1, -0.05) is 41.4 Å². The third-order valence-corrected chi connectivity index (χ3v) is 6.07. The van der Waals surface area contributed by atoms with Gasteiger partial charge in [0.2, 0.25) is 0 Å². The van der Waals surface area contributed by atoms with E-state index in [2.05, 4.69) is 10.3 Å². The average Bonchev–Trinajstić information content (AvgIpc) is 3.13. The highest BCUT2D eigenvalue weighted by Crippen LogP contribution is 2.39. The number of halogens is 2. The molecule has 0 spiro atoms. The van der Waals surface area contributed by atoms with Crippen LogP contribution in [0.5, 0.6) is 0 Å². The van der Waals surface area contributed by atoms with Crippen LogP contribution in [0.3, 0.4) is 0 Å². The molecule has 1 aromatic heterocycles. The first-order chi connectivity index (χ1) is 15.0. The van der Waals surface area contributed by atoms with Crippen molar-refractivity contribution in [3.63, 3.8) is 0 Å². The first kappa shape index (κ1) is 19.6. The molecule has 1 atom stereocenters. The average molecular weight is 434 g/mol. The number of nitrogens with zero attached hydrogens (tertiary/aromatic N) is 1. The van der Waals surface area contributed by atoms with E-state index in [1.165, 1.54) is 12.1 Å². The predicted molar refractivity (Wildman–Crippen MR) is 122 cm³/mol. The van der Waals surface area contributed by atoms with E-state index in [9.17, 15) is 9.18 Å². The number of H-pyrrole nitrogens is 1. The lowest BCUT2D eigenvalue weighted by Gasteiger charge is -2.36. The van der Waals surface area contributed by atoms with E-state index in [-0.39, 0.29) is 17.9 Å². The van der Waals surface area contributed by atoms with Gasteiger partial charge in [-0.3, -0.25) is 0 Å². The summed E-state index contributed by atoms with van der Waals surface area (Å²) < 4.78 is 13.6. The molecule has 0 saturated heterocycles. The molecule has 1 aliphatic heterocycles. The van der Waals surface area contributed by atoms with Crippen LogP contribution in [-0.2, 0) is 6.42 Å². The first-order valence-electron chi connectivity index (χ1n) is 10.2. The van der Waals surface area contributed by atoms with E-state index in [0.717, 1.165) is 39.0 Å². The Bertz CT molecular complexity index is 1260. The topological polar surface area (TPSA) is 48.1 Å². The number of benzene rings is 3. The van der Waals surface area contributed by atoms with E-state index in [4.69, 9.17) is 11.6 Å². The zero-order chi connectivity index (χ0) is 21.5. The Labute approximate surface area is 184 Å². The molecular weight excluding hydrogens is 413 g/mol. The molecule has 0 radical (unpaired) electrons. The summed E-state index contributed by atoms with van der Waals surface area (Å²) in [6, 6.07) is 19.2. The minimum absolute atomic E-state index is 0.194. The van der Waals surface area contributed by atoms with Gasteiger partial charge in [0.1, 0.15) is 5.82 Å². The molecule has 0 unspecified atom stereocenters. The first-order valence-corrected chi connectivity index (χ1v) is 10.6. The number of hydrogen-bond acceptors (Lipinski definition) is 1. The smallest absolute Gasteiger partial charge is 0.322 e. The van der Waals surface area contributed by atoms with Gasteiger partial charge in [0.25, 0.3) is 0 Å². The Morgan fingerprint density at radius 1 is 1.10 bits per heavy atom. The SMILES string of the molecule is Cc1ccc(NC(=O)N2CCc3c([nH]c4ccc(Cl)cc34)[C@@H]2c2ccc(F)cc2)cc1. The van der Waals surface area contributed by atoms with Gasteiger partial charge in [-0.05, 0) is 66.9 Å². The van der Waals surface area contributed by atoms with Crippen molar-refractivity contribution in [2.45, 2.75) is 19.4 Å². The van der Waals surface area contributed by atoms with Crippen LogP contribution >= 0.6 is 11.6 Å². The Morgan fingerprint density at radius 2 is 1.84 bits per heavy atom. The highest BCUT2D eigenvalue weighted by atomic mass is 35.5. The van der Waals surface area contributed by atoms with Crippen molar-refractivity contribution in [3.8, 4) is 0 Å². The minimum atomic E-state index is -0.360. The summed E-state index contributed by atoms with van der Waals surface area (Å²) in [6.45, 7) is 2.54. The van der Waals surface area contributed by atoms with Crippen molar-refractivity contribution in [2.24, 2.45) is 0 Å². The van der Waals surface area contributed by atoms with Gasteiger partial charge in [-0.15, -0.1) is 0 Å². The Balaban J connectivity index is 1.58. The molecule has 0 bridgehead atoms. The fraction of sp³-hybridized carbons (Fsp3) is 0.160. The molecule has 6 heteroatoms. The van der Waals surface area contributed by atoms with Crippen LogP contribution in [0.4, 0.5) is 14.9 Å². The van der Waals surface area contributed by atoms with Gasteiger partial charge < -0.3 is 15.2 Å². The number of nitrogens with one attached hydrogen (secondary N) is 2. The molecular formula is C25H21ClFN3O. The van der Waals surface area contributed by atoms with Crippen molar-refractivity contribution >= 4 is 34.2 Å². The second-order valence-electron chi connectivity index (χ2n) is 7.90. The number of aromatic amines is 1. The summed E-state index contributed by atoms with van der Waals surface area (Å²) in [4.78, 5) is 18.6. The van der Waals surface area contributed by atoms with Gasteiger partial charge in [0.05, 0.1) is 6.04 Å². The summed E-state index contributed by atoms with van der Waals surface area (Å²) in [5.41, 5.74) is 5.77. The van der Waals surface area contributed by atoms with Crippen molar-refractivity contribution in [1.29, 1.82) is 0 Å². The van der Waals surface area contributed by atoms with Crippen LogP contribution < -0.4 is 5.32 Å². The molecule has 5 rings (SSSR count). The zero-order valence-electron chi connectivity index (χ0n) is 17.0. The van der Waals surface area contributed by atoms with Crippen LogP contribution in [0.15, 0.2) is 66.7 Å². The van der Waals surface area contributed by atoms with Crippen molar-refractivity contribution in [1.82, 2.24) is 9.88 Å². The number of urea groups is 1. The standard InChI is InChI=1S/C25H21ClFN3O/c1-15-2-9-19(10-3-15)28-25(31)30-13-12-20-21-14-17(26)6-11-22(21)29-23(20)24(30)16-4-7-18(27)8-5-16/h2-11,14,24,29H,12-13H2,1H3,(H,28,31)/t24-/m0/s1. The van der Waals surface area contributed by atoms with E-state index in [1.54, 1.807) is 17.0 Å². The van der Waals surface area contributed by atoms with Gasteiger partial charge >= 0.3 is 6.03 Å². The van der Waals surface area contributed by atoms with Crippen LogP contribution in [0, 0.1) is 12.7 Å². The maximum Gasteiger partial charge on any atom is 0.322 e. The van der Waals surface area contributed by atoms with Gasteiger partial charge in [-0.25, -0.2) is 9.18 Å². The summed E-state index contributed by atoms with van der Waals surface area (Å²) in [7, 11) is 0. The largest absolute Gasteiger partial charge is 0.356 e. The molecule has 0 aliphatic carbocycles. The number of aromatic nitrogens is 1. The highest BCUT2D eigenvalue weighted by Gasteiger charge is 2.34. The Kier molecular flexibility index (Phi) is 4.91. The van der Waals surface area contributed by atoms with Crippen molar-refractivity contribution < 1.29 is 9.18 Å². The summed E-state index contributed by atoms with van der Waals surface area (Å²) in [6.07, 6.45) is 0.703. The Hall–Kier alpha value is -3.31. The van der Waals surface area contributed by atoms with Gasteiger partial charge in [0.15, 0.2) is 0 Å². The molecule has 3 aromatic carbocycles. The molecule has 156 valence electrons. The van der Waals surface area contributed by atoms with E-state index in [0.29, 0.717) is 18.0 Å². The van der Waals surface area contributed by atoms with E-state index >= 15 is 0 Å². The fourth-order valence-electron chi connectivity index (χ4n) is 4.30. The normalized spacial score (nSPS) is 15.7. The monoisotopic (exact) mass is 433 g/mol. The number of aryl methyl sites for hydroxylation is 1. The fourth-order valence-corrected chi connectivity index (χ4v) is 4.48. The molecule has 2 amide bonds. The van der Waals surface area contributed by atoms with Crippen LogP contribution in [0.1, 0.15) is 28.4 Å². The number of hydrogen-bond donors (Lipinski definition) is 2. The maximum atomic E-state index is 13.6. The van der Waals surface area contributed by atoms with Crippen molar-refractivity contribution in [2.75, 3.05) is 11.9 Å². The molecule has 0 fully saturated rings. The van der Waals surface area contributed by atoms with Crippen LogP contribution in [0.25, 0.3) is 10.9 Å². The molecule has 2 N–H and O–H groups in total. The zero-order valence-corrected chi connectivity index (χ0v) is 17.7. The molecule has 2 heterocycles. The Morgan fingerprint density at radius 3 is 2.58 bits per heavy atom. The number of carbonyl (C=O) groups is 1. The lowest BCUT2D eigenvalue weighted by molar-refractivity contribution is 0.193. The van der Waals surface area contributed by atoms with Gasteiger partial charge in [0, 0.05) is 33.9 Å². The summed E-state index contributed by atoms with van der Waals surface area (Å²) in [5, 5.41) is 4.74. The minimum Gasteiger partial charge on any atom is -0.356 e. The van der Waals surface area contributed by atoms with Gasteiger partial charge in [-0.2, -0.15) is 0 Å². The summed E-state index contributed by atoms with van der Waals surface area (Å²) >= 11 is 6.24. The third kappa shape index (κ3) is 3.66. The number of rotatable bonds is 2. The van der Waals surface area contributed by atoms with E-state index < -0.39 is 0 Å². The second-order valence-corrected chi connectivity index (χ2v) is 8.34. The quantitative estimate of drug-likeness (QED) is 0.375. The number of anilines is 1. The van der Waals surface area contributed by atoms with E-state index in [1.807, 2.05) is 49.4 Å². The third-order valence-electron chi connectivity index (χ3n) is 5.84. The second kappa shape index (κ2) is 7.75. The molecule has 1 aliphatic rings. The molecule has 31 heavy (non-hydrogen) atoms. The van der Waals surface area contributed by atoms with Crippen LogP contribution in [0.2, 0.25) is 5.02 Å². The number of carbonyl (C=O) groups excluding carboxylic acids is 1. The lowest BCUT2D eigenvalue weighted by Crippen LogP contribution is -2.43. The predicted octanol–water partition coefficient (Wildman–Crippen LogP) is 6.45. The maximum absolute atomic E-state index is 13.6. The van der Waals surface area contributed by atoms with Crippen LogP contribution in [-0.4, -0.2) is 22.5 Å².